The van der Waals surface area contributed by atoms with Crippen LogP contribution in [0.5, 0.6) is 11.5 Å². The summed E-state index contributed by atoms with van der Waals surface area (Å²) in [7, 11) is 0. The van der Waals surface area contributed by atoms with Crippen LogP contribution in [0, 0.1) is 0 Å². The van der Waals surface area contributed by atoms with Gasteiger partial charge in [-0.1, -0.05) is 159 Å². The van der Waals surface area contributed by atoms with E-state index in [4.69, 9.17) is 9.72 Å². The molecule has 0 bridgehead atoms. The topological polar surface area (TPSA) is 22.1 Å². The second-order valence-corrected chi connectivity index (χ2v) is 15.0. The molecule has 1 spiro atoms. The fourth-order valence-corrected chi connectivity index (χ4v) is 9.66. The highest BCUT2D eigenvalue weighted by molar-refractivity contribution is 5.93. The number of pyridine rings is 1. The van der Waals surface area contributed by atoms with Crippen molar-refractivity contribution in [2.24, 2.45) is 0 Å². The van der Waals surface area contributed by atoms with Gasteiger partial charge in [0.1, 0.15) is 11.5 Å². The summed E-state index contributed by atoms with van der Waals surface area (Å²) >= 11 is 0. The van der Waals surface area contributed by atoms with E-state index in [1.807, 2.05) is 0 Å². The van der Waals surface area contributed by atoms with Crippen LogP contribution >= 0.6 is 0 Å². The van der Waals surface area contributed by atoms with E-state index >= 15 is 0 Å². The van der Waals surface area contributed by atoms with Gasteiger partial charge in [-0.3, -0.25) is 0 Å². The maximum absolute atomic E-state index is 6.93. The smallest absolute Gasteiger partial charge is 0.132 e. The van der Waals surface area contributed by atoms with Crippen LogP contribution in [-0.4, -0.2) is 4.98 Å². The van der Waals surface area contributed by atoms with E-state index in [1.165, 1.54) is 61.2 Å². The molecule has 53 heavy (non-hydrogen) atoms. The molecule has 3 aliphatic rings. The molecule has 0 amide bonds. The predicted molar refractivity (Wildman–Crippen MR) is 215 cm³/mol. The highest BCUT2D eigenvalue weighted by Crippen LogP contribution is 2.64. The Labute approximate surface area is 310 Å². The fraction of sp³-hybridized carbons (Fsp3) is 0.0784. The van der Waals surface area contributed by atoms with Crippen molar-refractivity contribution in [2.45, 2.75) is 24.7 Å². The third-order valence-electron chi connectivity index (χ3n) is 11.9. The van der Waals surface area contributed by atoms with Gasteiger partial charge in [-0.2, -0.15) is 0 Å². The molecule has 250 valence electrons. The number of hydrogen-bond donors (Lipinski definition) is 0. The Morgan fingerprint density at radius 1 is 0.377 bits per heavy atom. The van der Waals surface area contributed by atoms with Crippen molar-refractivity contribution in [2.75, 3.05) is 0 Å². The van der Waals surface area contributed by atoms with Gasteiger partial charge in [-0.25, -0.2) is 4.98 Å². The standard InChI is InChI=1S/C51H35NO/c1-50(2)43-31-44-48(53-47-27-14-13-26-42(47)51(44)40-24-11-9-20-35(40)36-21-10-12-25-41(36)51)30-39(43)37-22-15-23-38(49(37)50)46-29-34(32-16-5-3-6-17-32)28-45(52-46)33-18-7-4-8-19-33/h3-31H,1-2H3. The molecule has 0 N–H and O–H groups in total. The zero-order valence-corrected chi connectivity index (χ0v) is 29.6. The summed E-state index contributed by atoms with van der Waals surface area (Å²) in [4.78, 5) is 5.39. The Morgan fingerprint density at radius 3 is 1.66 bits per heavy atom. The van der Waals surface area contributed by atoms with E-state index in [9.17, 15) is 0 Å². The minimum absolute atomic E-state index is 0.316. The van der Waals surface area contributed by atoms with Crippen LogP contribution in [0.2, 0.25) is 0 Å². The third kappa shape index (κ3) is 4.12. The van der Waals surface area contributed by atoms with Gasteiger partial charge >= 0.3 is 0 Å². The van der Waals surface area contributed by atoms with Crippen LogP contribution in [-0.2, 0) is 10.8 Å². The number of benzene rings is 7. The molecule has 8 aromatic rings. The lowest BCUT2D eigenvalue weighted by Crippen LogP contribution is -2.32. The second kappa shape index (κ2) is 11.0. The molecule has 2 aliphatic carbocycles. The Morgan fingerprint density at radius 2 is 0.943 bits per heavy atom. The number of rotatable bonds is 3. The molecule has 0 fully saturated rings. The Hall–Kier alpha value is -6.51. The minimum Gasteiger partial charge on any atom is -0.457 e. The lowest BCUT2D eigenvalue weighted by molar-refractivity contribution is 0.436. The van der Waals surface area contributed by atoms with Gasteiger partial charge in [-0.05, 0) is 86.0 Å². The highest BCUT2D eigenvalue weighted by Gasteiger charge is 2.52. The molecule has 2 heterocycles. The van der Waals surface area contributed by atoms with Crippen LogP contribution in [0.3, 0.4) is 0 Å². The van der Waals surface area contributed by atoms with Crippen LogP contribution in [0.25, 0.3) is 55.9 Å². The van der Waals surface area contributed by atoms with E-state index < -0.39 is 5.41 Å². The molecule has 0 saturated carbocycles. The molecule has 2 nitrogen and oxygen atoms in total. The molecule has 0 atom stereocenters. The number of aromatic nitrogens is 1. The van der Waals surface area contributed by atoms with E-state index in [1.54, 1.807) is 0 Å². The summed E-state index contributed by atoms with van der Waals surface area (Å²) in [5.74, 6) is 1.83. The van der Waals surface area contributed by atoms with Crippen molar-refractivity contribution in [3.63, 3.8) is 0 Å². The zero-order chi connectivity index (χ0) is 35.3. The van der Waals surface area contributed by atoms with Crippen molar-refractivity contribution in [1.29, 1.82) is 0 Å². The van der Waals surface area contributed by atoms with Gasteiger partial charge < -0.3 is 4.74 Å². The summed E-state index contributed by atoms with van der Waals surface area (Å²) in [5.41, 5.74) is 18.4. The number of para-hydroxylation sites is 1. The summed E-state index contributed by atoms with van der Waals surface area (Å²) < 4.78 is 6.93. The van der Waals surface area contributed by atoms with Gasteiger partial charge in [0.05, 0.1) is 16.8 Å². The fourth-order valence-electron chi connectivity index (χ4n) is 9.66. The monoisotopic (exact) mass is 677 g/mol. The van der Waals surface area contributed by atoms with Crippen molar-refractivity contribution >= 4 is 0 Å². The van der Waals surface area contributed by atoms with Crippen LogP contribution in [0.1, 0.15) is 47.2 Å². The van der Waals surface area contributed by atoms with Crippen molar-refractivity contribution in [3.05, 3.63) is 209 Å². The summed E-state index contributed by atoms with van der Waals surface area (Å²) in [6.07, 6.45) is 0. The lowest BCUT2D eigenvalue weighted by Gasteiger charge is -2.40. The normalized spacial score (nSPS) is 14.7. The van der Waals surface area contributed by atoms with E-state index in [2.05, 4.69) is 190 Å². The third-order valence-corrected chi connectivity index (χ3v) is 11.9. The van der Waals surface area contributed by atoms with Gasteiger partial charge in [0.25, 0.3) is 0 Å². The van der Waals surface area contributed by atoms with Crippen molar-refractivity contribution < 1.29 is 4.74 Å². The van der Waals surface area contributed by atoms with Crippen molar-refractivity contribution in [1.82, 2.24) is 4.98 Å². The molecule has 0 saturated heterocycles. The minimum atomic E-state index is -0.504. The highest BCUT2D eigenvalue weighted by atomic mass is 16.5. The number of fused-ring (bicyclic) bond motifs is 12. The van der Waals surface area contributed by atoms with Gasteiger partial charge in [0.2, 0.25) is 0 Å². The second-order valence-electron chi connectivity index (χ2n) is 15.0. The number of hydrogen-bond acceptors (Lipinski definition) is 2. The first kappa shape index (κ1) is 30.1. The first-order valence-electron chi connectivity index (χ1n) is 18.5. The van der Waals surface area contributed by atoms with E-state index in [0.717, 1.165) is 39.6 Å². The maximum Gasteiger partial charge on any atom is 0.132 e. The molecule has 0 radical (unpaired) electrons. The largest absolute Gasteiger partial charge is 0.457 e. The average molecular weight is 678 g/mol. The molecule has 1 aliphatic heterocycles. The quantitative estimate of drug-likeness (QED) is 0.186. The number of nitrogens with zero attached hydrogens (tertiary/aromatic N) is 1. The first-order valence-corrected chi connectivity index (χ1v) is 18.5. The molecule has 7 aromatic carbocycles. The molecule has 0 unspecified atom stereocenters. The van der Waals surface area contributed by atoms with Gasteiger partial charge in [-0.15, -0.1) is 0 Å². The lowest BCUT2D eigenvalue weighted by atomic mass is 9.65. The molecular formula is C51H35NO. The maximum atomic E-state index is 6.93. The van der Waals surface area contributed by atoms with Crippen LogP contribution in [0.15, 0.2) is 176 Å². The molecule has 11 rings (SSSR count). The average Bonchev–Trinajstić information content (AvgIpc) is 3.63. The molecule has 1 aromatic heterocycles. The molecular weight excluding hydrogens is 643 g/mol. The van der Waals surface area contributed by atoms with Crippen molar-refractivity contribution in [3.8, 4) is 67.4 Å². The Balaban J connectivity index is 1.16. The zero-order valence-electron chi connectivity index (χ0n) is 29.6. The van der Waals surface area contributed by atoms with Crippen LogP contribution < -0.4 is 4.74 Å². The van der Waals surface area contributed by atoms with Crippen LogP contribution in [0.4, 0.5) is 0 Å². The Bertz CT molecular complexity index is 2670. The predicted octanol–water partition coefficient (Wildman–Crippen LogP) is 12.9. The number of ether oxygens (including phenoxy) is 1. The van der Waals surface area contributed by atoms with E-state index in [-0.39, 0.29) is 5.41 Å². The van der Waals surface area contributed by atoms with Gasteiger partial charge in [0, 0.05) is 27.7 Å². The summed E-state index contributed by atoms with van der Waals surface area (Å²) in [5, 5.41) is 0. The Kier molecular flexibility index (Phi) is 6.25. The first-order chi connectivity index (χ1) is 26.0. The molecule has 2 heteroatoms. The van der Waals surface area contributed by atoms with E-state index in [0.29, 0.717) is 0 Å². The summed E-state index contributed by atoms with van der Waals surface area (Å²) in [6.45, 7) is 4.76. The summed E-state index contributed by atoms with van der Waals surface area (Å²) in [6, 6.07) is 63.7. The SMILES string of the molecule is CC1(C)c2cc3c(cc2-c2cccc(-c4cc(-c5ccccc5)cc(-c5ccccc5)n4)c21)Oc1ccccc1C31c2ccccc2-c2ccccc21. The van der Waals surface area contributed by atoms with Gasteiger partial charge in [0.15, 0.2) is 0 Å².